The Balaban J connectivity index is 1.90. The summed E-state index contributed by atoms with van der Waals surface area (Å²) in [6.45, 7) is 10.3. The zero-order valence-electron chi connectivity index (χ0n) is 14.9. The maximum atomic E-state index is 12.0. The fourth-order valence-corrected chi connectivity index (χ4v) is 2.59. The first-order valence-electron chi connectivity index (χ1n) is 8.04. The van der Waals surface area contributed by atoms with Crippen molar-refractivity contribution in [1.82, 2.24) is 15.1 Å². The molecule has 2 aromatic heterocycles. The second-order valence-electron chi connectivity index (χ2n) is 6.75. The number of hydrogen-bond acceptors (Lipinski definition) is 4. The number of furan rings is 1. The number of urea groups is 1. The van der Waals surface area contributed by atoms with Gasteiger partial charge in [0.05, 0.1) is 18.4 Å². The van der Waals surface area contributed by atoms with E-state index in [1.165, 1.54) is 0 Å². The summed E-state index contributed by atoms with van der Waals surface area (Å²) < 4.78 is 7.22. The van der Waals surface area contributed by atoms with Crippen LogP contribution in [0.15, 0.2) is 22.9 Å². The van der Waals surface area contributed by atoms with E-state index in [1.807, 2.05) is 6.92 Å². The first-order chi connectivity index (χ1) is 11.2. The minimum Gasteiger partial charge on any atom is -0.466 e. The van der Waals surface area contributed by atoms with E-state index >= 15 is 0 Å². The first-order valence-corrected chi connectivity index (χ1v) is 8.04. The molecule has 0 aromatic carbocycles. The van der Waals surface area contributed by atoms with Gasteiger partial charge in [-0.3, -0.25) is 4.68 Å². The third kappa shape index (κ3) is 4.61. The van der Waals surface area contributed by atoms with Crippen molar-refractivity contribution in [3.05, 3.63) is 35.5 Å². The van der Waals surface area contributed by atoms with Gasteiger partial charge in [0.2, 0.25) is 0 Å². The number of aromatic nitrogens is 2. The van der Waals surface area contributed by atoms with Crippen LogP contribution >= 0.6 is 0 Å². The van der Waals surface area contributed by atoms with Gasteiger partial charge in [-0.2, -0.15) is 5.10 Å². The van der Waals surface area contributed by atoms with Gasteiger partial charge in [0.15, 0.2) is 0 Å². The molecule has 3 N–H and O–H groups in total. The van der Waals surface area contributed by atoms with Crippen molar-refractivity contribution in [2.24, 2.45) is 5.92 Å². The molecule has 2 aromatic rings. The summed E-state index contributed by atoms with van der Waals surface area (Å²) in [6.07, 6.45) is 3.38. The molecular weight excluding hydrogens is 308 g/mol. The maximum Gasteiger partial charge on any atom is 0.319 e. The number of hydrogen-bond donors (Lipinski definition) is 3. The normalized spacial score (nSPS) is 13.8. The molecule has 0 fully saturated rings. The first kappa shape index (κ1) is 18.1. The number of carbonyl (C=O) groups excluding carboxylic acids is 1. The van der Waals surface area contributed by atoms with Gasteiger partial charge in [0.1, 0.15) is 17.1 Å². The molecule has 0 radical (unpaired) electrons. The second kappa shape index (κ2) is 7.09. The molecule has 1 atom stereocenters. The molecule has 0 saturated carbocycles. The van der Waals surface area contributed by atoms with Crippen molar-refractivity contribution in [3.8, 4) is 0 Å². The SMILES string of the molecule is Cc1cc([C@](C)(O)CNC(=O)Nc2cnn(CC(C)C)c2)c(C)o1. The molecule has 0 aliphatic heterocycles. The van der Waals surface area contributed by atoms with Crippen LogP contribution in [0.2, 0.25) is 0 Å². The number of nitrogens with zero attached hydrogens (tertiary/aromatic N) is 2. The van der Waals surface area contributed by atoms with Crippen molar-refractivity contribution in [2.45, 2.75) is 46.8 Å². The zero-order valence-corrected chi connectivity index (χ0v) is 14.9. The minimum atomic E-state index is -1.21. The Labute approximate surface area is 142 Å². The third-order valence-electron chi connectivity index (χ3n) is 3.66. The quantitative estimate of drug-likeness (QED) is 0.757. The van der Waals surface area contributed by atoms with Gasteiger partial charge in [-0.25, -0.2) is 4.79 Å². The van der Waals surface area contributed by atoms with Gasteiger partial charge in [-0.05, 0) is 32.8 Å². The maximum absolute atomic E-state index is 12.0. The van der Waals surface area contributed by atoms with Crippen LogP contribution < -0.4 is 10.6 Å². The van der Waals surface area contributed by atoms with Crippen LogP contribution in [0.1, 0.15) is 37.9 Å². The summed E-state index contributed by atoms with van der Waals surface area (Å²) in [4.78, 5) is 12.0. The molecule has 2 rings (SSSR count). The van der Waals surface area contributed by atoms with Crippen LogP contribution in [0.4, 0.5) is 10.5 Å². The van der Waals surface area contributed by atoms with Gasteiger partial charge in [-0.1, -0.05) is 13.8 Å². The fraction of sp³-hybridized carbons (Fsp3) is 0.529. The molecule has 7 nitrogen and oxygen atoms in total. The Morgan fingerprint density at radius 2 is 2.17 bits per heavy atom. The molecule has 0 saturated heterocycles. The highest BCUT2D eigenvalue weighted by molar-refractivity contribution is 5.88. The highest BCUT2D eigenvalue weighted by Gasteiger charge is 2.28. The summed E-state index contributed by atoms with van der Waals surface area (Å²) in [7, 11) is 0. The average Bonchev–Trinajstić information content (AvgIpc) is 3.02. The number of carbonyl (C=O) groups is 1. The van der Waals surface area contributed by atoms with E-state index in [9.17, 15) is 9.90 Å². The Morgan fingerprint density at radius 1 is 1.46 bits per heavy atom. The minimum absolute atomic E-state index is 0.0682. The van der Waals surface area contributed by atoms with Crippen molar-refractivity contribution in [1.29, 1.82) is 0 Å². The smallest absolute Gasteiger partial charge is 0.319 e. The van der Waals surface area contributed by atoms with Crippen molar-refractivity contribution < 1.29 is 14.3 Å². The molecule has 7 heteroatoms. The Kier molecular flexibility index (Phi) is 5.33. The van der Waals surface area contributed by atoms with Gasteiger partial charge < -0.3 is 20.2 Å². The summed E-state index contributed by atoms with van der Waals surface area (Å²) in [5.74, 6) is 1.85. The van der Waals surface area contributed by atoms with E-state index in [0.717, 1.165) is 12.3 Å². The molecule has 0 unspecified atom stereocenters. The predicted molar refractivity (Wildman–Crippen MR) is 91.8 cm³/mol. The van der Waals surface area contributed by atoms with E-state index in [2.05, 4.69) is 29.6 Å². The number of nitrogens with one attached hydrogen (secondary N) is 2. The number of aryl methyl sites for hydroxylation is 2. The number of rotatable bonds is 6. The summed E-state index contributed by atoms with van der Waals surface area (Å²) in [5, 5.41) is 20.2. The molecule has 0 spiro atoms. The van der Waals surface area contributed by atoms with E-state index in [-0.39, 0.29) is 6.54 Å². The van der Waals surface area contributed by atoms with Gasteiger partial charge in [0, 0.05) is 18.3 Å². The molecule has 0 aliphatic rings. The highest BCUT2D eigenvalue weighted by atomic mass is 16.3. The number of aliphatic hydroxyl groups is 1. The Hall–Kier alpha value is -2.28. The molecular formula is C17H26N4O3. The Bertz CT molecular complexity index is 701. The largest absolute Gasteiger partial charge is 0.466 e. The third-order valence-corrected chi connectivity index (χ3v) is 3.66. The van der Waals surface area contributed by atoms with Crippen molar-refractivity contribution in [2.75, 3.05) is 11.9 Å². The number of anilines is 1. The standard InChI is InChI=1S/C17H26N4O3/c1-11(2)8-21-9-14(7-19-21)20-16(22)18-10-17(5,23)15-6-12(3)24-13(15)4/h6-7,9,11,23H,8,10H2,1-5H3,(H2,18,20,22)/t17-/m1/s1. The zero-order chi connectivity index (χ0) is 17.9. The van der Waals surface area contributed by atoms with Gasteiger partial charge in [0.25, 0.3) is 0 Å². The van der Waals surface area contributed by atoms with E-state index < -0.39 is 11.6 Å². The summed E-state index contributed by atoms with van der Waals surface area (Å²) in [6, 6.07) is 1.39. The lowest BCUT2D eigenvalue weighted by Crippen LogP contribution is -2.40. The van der Waals surface area contributed by atoms with E-state index in [4.69, 9.17) is 4.42 Å². The fourth-order valence-electron chi connectivity index (χ4n) is 2.59. The molecule has 24 heavy (non-hydrogen) atoms. The average molecular weight is 334 g/mol. The van der Waals surface area contributed by atoms with Crippen LogP contribution in [0.25, 0.3) is 0 Å². The van der Waals surface area contributed by atoms with Gasteiger partial charge in [-0.15, -0.1) is 0 Å². The molecule has 132 valence electrons. The van der Waals surface area contributed by atoms with E-state index in [1.54, 1.807) is 37.0 Å². The van der Waals surface area contributed by atoms with Crippen LogP contribution in [0.3, 0.4) is 0 Å². The highest BCUT2D eigenvalue weighted by Crippen LogP contribution is 2.26. The van der Waals surface area contributed by atoms with Crippen molar-refractivity contribution in [3.63, 3.8) is 0 Å². The van der Waals surface area contributed by atoms with Crippen LogP contribution in [0.5, 0.6) is 0 Å². The number of amides is 2. The Morgan fingerprint density at radius 3 is 2.75 bits per heavy atom. The van der Waals surface area contributed by atoms with Crippen LogP contribution in [0, 0.1) is 19.8 Å². The monoisotopic (exact) mass is 334 g/mol. The lowest BCUT2D eigenvalue weighted by Gasteiger charge is -2.23. The lowest BCUT2D eigenvalue weighted by molar-refractivity contribution is 0.0584. The molecule has 0 aliphatic carbocycles. The van der Waals surface area contributed by atoms with Crippen molar-refractivity contribution >= 4 is 11.7 Å². The lowest BCUT2D eigenvalue weighted by atomic mass is 9.96. The summed E-state index contributed by atoms with van der Waals surface area (Å²) >= 11 is 0. The van der Waals surface area contributed by atoms with Crippen LogP contribution in [-0.2, 0) is 12.1 Å². The summed E-state index contributed by atoms with van der Waals surface area (Å²) in [5.41, 5.74) is 0.0780. The topological polar surface area (TPSA) is 92.3 Å². The predicted octanol–water partition coefficient (Wildman–Crippen LogP) is 2.78. The van der Waals surface area contributed by atoms with E-state index in [0.29, 0.717) is 22.9 Å². The molecule has 2 heterocycles. The second-order valence-corrected chi connectivity index (χ2v) is 6.75. The molecule has 2 amide bonds. The van der Waals surface area contributed by atoms with Crippen LogP contribution in [-0.4, -0.2) is 27.5 Å². The van der Waals surface area contributed by atoms with Gasteiger partial charge >= 0.3 is 6.03 Å². The molecule has 0 bridgehead atoms.